The number of pyridine rings is 1. The summed E-state index contributed by atoms with van der Waals surface area (Å²) in [5.74, 6) is 1.60. The molecule has 5 rings (SSSR count). The molecule has 2 aromatic carbocycles. The quantitative estimate of drug-likeness (QED) is 0.426. The molecule has 0 bridgehead atoms. The average Bonchev–Trinajstić information content (AvgIpc) is 3.27. The minimum Gasteiger partial charge on any atom is -0.340 e. The first-order chi connectivity index (χ1) is 16.0. The fourth-order valence-electron chi connectivity index (χ4n) is 4.63. The van der Waals surface area contributed by atoms with Crippen LogP contribution in [0, 0.1) is 5.92 Å². The van der Waals surface area contributed by atoms with Crippen molar-refractivity contribution in [2.45, 2.75) is 19.3 Å². The summed E-state index contributed by atoms with van der Waals surface area (Å²) < 4.78 is 1.82. The minimum atomic E-state index is 0.797. The van der Waals surface area contributed by atoms with Crippen LogP contribution >= 0.6 is 0 Å². The number of anilines is 1. The van der Waals surface area contributed by atoms with Gasteiger partial charge in [0.2, 0.25) is 0 Å². The van der Waals surface area contributed by atoms with Crippen LogP contribution in [0.2, 0.25) is 0 Å². The second-order valence-electron chi connectivity index (χ2n) is 9.29. The lowest BCUT2D eigenvalue weighted by Crippen LogP contribution is -2.30. The third-order valence-electron chi connectivity index (χ3n) is 6.70. The first-order valence-corrected chi connectivity index (χ1v) is 11.7. The largest absolute Gasteiger partial charge is 0.340 e. The SMILES string of the molecule is C=C(Nc1cc2cc(-c3cnn(C)c3)ccc2cn1)c1ccc(CC2CCN(C)CC2)cc1. The Balaban J connectivity index is 1.27. The number of fused-ring (bicyclic) bond motifs is 1. The molecule has 1 fully saturated rings. The lowest BCUT2D eigenvalue weighted by atomic mass is 9.90. The van der Waals surface area contributed by atoms with Crippen molar-refractivity contribution in [2.24, 2.45) is 13.0 Å². The average molecular weight is 438 g/mol. The summed E-state index contributed by atoms with van der Waals surface area (Å²) in [6.45, 7) is 6.68. The minimum absolute atomic E-state index is 0.797. The molecule has 33 heavy (non-hydrogen) atoms. The summed E-state index contributed by atoms with van der Waals surface area (Å²) in [6, 6.07) is 17.3. The highest BCUT2D eigenvalue weighted by molar-refractivity contribution is 5.89. The van der Waals surface area contributed by atoms with E-state index in [1.54, 1.807) is 0 Å². The molecular weight excluding hydrogens is 406 g/mol. The first kappa shape index (κ1) is 21.4. The smallest absolute Gasteiger partial charge is 0.130 e. The molecule has 0 radical (unpaired) electrons. The lowest BCUT2D eigenvalue weighted by molar-refractivity contribution is 0.219. The maximum absolute atomic E-state index is 4.59. The number of aromatic nitrogens is 3. The van der Waals surface area contributed by atoms with E-state index >= 15 is 0 Å². The van der Waals surface area contributed by atoms with Crippen LogP contribution < -0.4 is 5.32 Å². The third-order valence-corrected chi connectivity index (χ3v) is 6.70. The Morgan fingerprint density at radius 3 is 2.48 bits per heavy atom. The lowest BCUT2D eigenvalue weighted by Gasteiger charge is -2.29. The summed E-state index contributed by atoms with van der Waals surface area (Å²) in [5, 5.41) is 9.92. The van der Waals surface area contributed by atoms with E-state index in [1.807, 2.05) is 30.3 Å². The fourth-order valence-corrected chi connectivity index (χ4v) is 4.63. The first-order valence-electron chi connectivity index (χ1n) is 11.7. The summed E-state index contributed by atoms with van der Waals surface area (Å²) in [6.07, 6.45) is 9.58. The molecule has 168 valence electrons. The van der Waals surface area contributed by atoms with Gasteiger partial charge in [-0.05, 0) is 79.5 Å². The molecule has 4 aromatic rings. The van der Waals surface area contributed by atoms with Gasteiger partial charge in [0.05, 0.1) is 6.20 Å². The van der Waals surface area contributed by atoms with Gasteiger partial charge < -0.3 is 10.2 Å². The van der Waals surface area contributed by atoms with E-state index in [2.05, 4.69) is 82.5 Å². The van der Waals surface area contributed by atoms with Crippen molar-refractivity contribution in [3.8, 4) is 11.1 Å². The number of hydrogen-bond donors (Lipinski definition) is 1. The Hall–Kier alpha value is -3.44. The third kappa shape index (κ3) is 4.99. The van der Waals surface area contributed by atoms with Crippen molar-refractivity contribution in [2.75, 3.05) is 25.5 Å². The van der Waals surface area contributed by atoms with Crippen LogP contribution in [0.25, 0.3) is 27.6 Å². The van der Waals surface area contributed by atoms with Gasteiger partial charge in [0, 0.05) is 36.1 Å². The topological polar surface area (TPSA) is 46.0 Å². The Morgan fingerprint density at radius 2 is 1.76 bits per heavy atom. The zero-order chi connectivity index (χ0) is 22.8. The number of hydrogen-bond acceptors (Lipinski definition) is 4. The van der Waals surface area contributed by atoms with Crippen molar-refractivity contribution >= 4 is 22.3 Å². The van der Waals surface area contributed by atoms with Crippen LogP contribution in [0.15, 0.2) is 73.7 Å². The summed E-state index contributed by atoms with van der Waals surface area (Å²) in [7, 11) is 4.15. The molecule has 5 nitrogen and oxygen atoms in total. The number of rotatable bonds is 6. The van der Waals surface area contributed by atoms with Crippen molar-refractivity contribution in [1.82, 2.24) is 19.7 Å². The predicted octanol–water partition coefficient (Wildman–Crippen LogP) is 5.60. The van der Waals surface area contributed by atoms with Gasteiger partial charge in [0.1, 0.15) is 5.82 Å². The van der Waals surface area contributed by atoms with Crippen LogP contribution in [0.5, 0.6) is 0 Å². The fraction of sp³-hybridized carbons (Fsp3) is 0.286. The number of nitrogens with one attached hydrogen (secondary N) is 1. The van der Waals surface area contributed by atoms with Gasteiger partial charge in [0.25, 0.3) is 0 Å². The Morgan fingerprint density at radius 1 is 0.970 bits per heavy atom. The Kier molecular flexibility index (Phi) is 5.97. The molecule has 3 heterocycles. The van der Waals surface area contributed by atoms with Crippen LogP contribution in [0.1, 0.15) is 24.0 Å². The monoisotopic (exact) mass is 437 g/mol. The van der Waals surface area contributed by atoms with Crippen molar-refractivity contribution in [3.05, 3.63) is 84.8 Å². The van der Waals surface area contributed by atoms with Gasteiger partial charge in [-0.1, -0.05) is 43.0 Å². The maximum Gasteiger partial charge on any atom is 0.130 e. The molecule has 0 spiro atoms. The highest BCUT2D eigenvalue weighted by Crippen LogP contribution is 2.27. The molecule has 0 atom stereocenters. The second-order valence-corrected chi connectivity index (χ2v) is 9.29. The Bertz CT molecular complexity index is 1260. The Labute approximate surface area is 195 Å². The van der Waals surface area contributed by atoms with E-state index in [9.17, 15) is 0 Å². The molecule has 0 saturated carbocycles. The highest BCUT2D eigenvalue weighted by atomic mass is 15.2. The van der Waals surface area contributed by atoms with Gasteiger partial charge in [-0.25, -0.2) is 4.98 Å². The molecule has 1 aliphatic heterocycles. The van der Waals surface area contributed by atoms with E-state index in [0.29, 0.717) is 0 Å². The number of likely N-dealkylation sites (tertiary alicyclic amines) is 1. The van der Waals surface area contributed by atoms with Crippen LogP contribution in [0.3, 0.4) is 0 Å². The zero-order valence-electron chi connectivity index (χ0n) is 19.5. The van der Waals surface area contributed by atoms with Crippen molar-refractivity contribution < 1.29 is 0 Å². The van der Waals surface area contributed by atoms with Gasteiger partial charge in [-0.3, -0.25) is 4.68 Å². The van der Waals surface area contributed by atoms with E-state index < -0.39 is 0 Å². The predicted molar refractivity (Wildman–Crippen MR) is 137 cm³/mol. The standard InChI is InChI=1S/C28H31N5/c1-20(23-6-4-21(5-7-23)14-22-10-12-32(2)13-11-22)31-28-16-26-15-24(8-9-25(26)17-29-28)27-18-30-33(3)19-27/h4-9,15-19,22H,1,10-14H2,2-3H3,(H,29,31). The molecule has 0 amide bonds. The highest BCUT2D eigenvalue weighted by Gasteiger charge is 2.17. The molecule has 1 N–H and O–H groups in total. The van der Waals surface area contributed by atoms with E-state index in [1.165, 1.54) is 37.9 Å². The second kappa shape index (κ2) is 9.20. The molecule has 1 aliphatic rings. The van der Waals surface area contributed by atoms with Crippen LogP contribution in [-0.4, -0.2) is 39.8 Å². The van der Waals surface area contributed by atoms with Crippen LogP contribution in [-0.2, 0) is 13.5 Å². The maximum atomic E-state index is 4.59. The molecular formula is C28H31N5. The number of nitrogens with zero attached hydrogens (tertiary/aromatic N) is 4. The van der Waals surface area contributed by atoms with Gasteiger partial charge in [-0.2, -0.15) is 5.10 Å². The van der Waals surface area contributed by atoms with Crippen molar-refractivity contribution in [3.63, 3.8) is 0 Å². The molecule has 2 aromatic heterocycles. The number of benzene rings is 2. The number of piperidine rings is 1. The molecule has 0 aliphatic carbocycles. The van der Waals surface area contributed by atoms with Gasteiger partial charge in [0.15, 0.2) is 0 Å². The van der Waals surface area contributed by atoms with E-state index in [4.69, 9.17) is 0 Å². The normalized spacial score (nSPS) is 15.1. The number of aryl methyl sites for hydroxylation is 1. The summed E-state index contributed by atoms with van der Waals surface area (Å²) >= 11 is 0. The zero-order valence-corrected chi connectivity index (χ0v) is 19.5. The van der Waals surface area contributed by atoms with E-state index in [-0.39, 0.29) is 0 Å². The van der Waals surface area contributed by atoms with Crippen LogP contribution in [0.4, 0.5) is 5.82 Å². The van der Waals surface area contributed by atoms with Crippen molar-refractivity contribution in [1.29, 1.82) is 0 Å². The van der Waals surface area contributed by atoms with E-state index in [0.717, 1.165) is 44.9 Å². The molecule has 0 unspecified atom stereocenters. The summed E-state index contributed by atoms with van der Waals surface area (Å²) in [4.78, 5) is 7.01. The molecule has 1 saturated heterocycles. The molecule has 5 heteroatoms. The van der Waals surface area contributed by atoms with Gasteiger partial charge in [-0.15, -0.1) is 0 Å². The summed E-state index contributed by atoms with van der Waals surface area (Å²) in [5.41, 5.74) is 5.61. The van der Waals surface area contributed by atoms with Gasteiger partial charge >= 0.3 is 0 Å².